The second-order valence-electron chi connectivity index (χ2n) is 5.80. The van der Waals surface area contributed by atoms with E-state index in [0.717, 1.165) is 29.5 Å². The normalized spacial score (nSPS) is 12.5. The van der Waals surface area contributed by atoms with Gasteiger partial charge in [0.05, 0.1) is 11.3 Å². The van der Waals surface area contributed by atoms with Crippen molar-refractivity contribution in [2.75, 3.05) is 11.9 Å². The average Bonchev–Trinajstić information content (AvgIpc) is 2.99. The molecule has 0 radical (unpaired) electrons. The molecule has 3 N–H and O–H groups in total. The third-order valence-electron chi connectivity index (χ3n) is 4.11. The van der Waals surface area contributed by atoms with Crippen molar-refractivity contribution in [2.24, 2.45) is 0 Å². The molecule has 0 atom stereocenters. The Balaban J connectivity index is 1.89. The third-order valence-corrected chi connectivity index (χ3v) is 4.11. The highest BCUT2D eigenvalue weighted by molar-refractivity contribution is 6.08. The van der Waals surface area contributed by atoms with Crippen molar-refractivity contribution < 1.29 is 9.59 Å². The summed E-state index contributed by atoms with van der Waals surface area (Å²) in [7, 11) is 0. The van der Waals surface area contributed by atoms with Gasteiger partial charge in [-0.1, -0.05) is 49.7 Å². The van der Waals surface area contributed by atoms with E-state index in [1.165, 1.54) is 0 Å². The molecule has 1 aliphatic rings. The first-order valence-corrected chi connectivity index (χ1v) is 8.25. The lowest BCUT2D eigenvalue weighted by molar-refractivity contribution is 0.0966. The van der Waals surface area contributed by atoms with Gasteiger partial charge in [-0.2, -0.15) is 0 Å². The molecule has 0 aliphatic carbocycles. The molecular weight excluding hydrogens is 302 g/mol. The first kappa shape index (κ1) is 16.1. The summed E-state index contributed by atoms with van der Waals surface area (Å²) < 4.78 is 0. The van der Waals surface area contributed by atoms with E-state index in [4.69, 9.17) is 0 Å². The molecule has 0 saturated heterocycles. The number of nitrogens with one attached hydrogen (secondary N) is 3. The van der Waals surface area contributed by atoms with Crippen LogP contribution in [-0.4, -0.2) is 18.5 Å². The highest BCUT2D eigenvalue weighted by Gasteiger charge is 2.26. The Bertz CT molecular complexity index is 757. The molecule has 0 unspecified atom stereocenters. The minimum absolute atomic E-state index is 0.147. The van der Waals surface area contributed by atoms with Crippen molar-refractivity contribution in [1.82, 2.24) is 10.6 Å². The number of amides is 3. The highest BCUT2D eigenvalue weighted by atomic mass is 16.2. The first-order chi connectivity index (χ1) is 11.7. The Morgan fingerprint density at radius 3 is 2.71 bits per heavy atom. The van der Waals surface area contributed by atoms with E-state index in [-0.39, 0.29) is 11.9 Å². The summed E-state index contributed by atoms with van der Waals surface area (Å²) >= 11 is 0. The monoisotopic (exact) mass is 323 g/mol. The quantitative estimate of drug-likeness (QED) is 0.737. The molecule has 1 aliphatic heterocycles. The van der Waals surface area contributed by atoms with Crippen LogP contribution in [0.1, 0.15) is 35.7 Å². The van der Waals surface area contributed by atoms with Gasteiger partial charge in [0.2, 0.25) is 0 Å². The fourth-order valence-corrected chi connectivity index (χ4v) is 2.89. The van der Waals surface area contributed by atoms with Crippen molar-refractivity contribution in [3.05, 3.63) is 53.6 Å². The molecule has 0 fully saturated rings. The predicted molar refractivity (Wildman–Crippen MR) is 95.0 cm³/mol. The van der Waals surface area contributed by atoms with Crippen LogP contribution >= 0.6 is 0 Å². The van der Waals surface area contributed by atoms with Crippen molar-refractivity contribution in [3.8, 4) is 11.1 Å². The van der Waals surface area contributed by atoms with E-state index in [2.05, 4.69) is 22.9 Å². The van der Waals surface area contributed by atoms with E-state index >= 15 is 0 Å². The van der Waals surface area contributed by atoms with Gasteiger partial charge in [-0.05, 0) is 29.2 Å². The van der Waals surface area contributed by atoms with Crippen LogP contribution in [0.4, 0.5) is 10.5 Å². The lowest BCUT2D eigenvalue weighted by Crippen LogP contribution is -2.30. The van der Waals surface area contributed by atoms with Gasteiger partial charge in [0, 0.05) is 13.1 Å². The molecule has 2 aromatic carbocycles. The maximum Gasteiger partial charge on any atom is 0.319 e. The first-order valence-electron chi connectivity index (χ1n) is 8.25. The molecule has 5 nitrogen and oxygen atoms in total. The number of unbranched alkanes of at least 4 members (excludes halogenated alkanes) is 1. The molecule has 124 valence electrons. The van der Waals surface area contributed by atoms with E-state index < -0.39 is 0 Å². The number of rotatable bonds is 5. The van der Waals surface area contributed by atoms with Crippen molar-refractivity contribution in [1.29, 1.82) is 0 Å². The topological polar surface area (TPSA) is 70.2 Å². The Labute approximate surface area is 141 Å². The number of carbonyl (C=O) groups excluding carboxylic acids is 2. The smallest absolute Gasteiger partial charge is 0.319 e. The second kappa shape index (κ2) is 7.17. The van der Waals surface area contributed by atoms with Crippen LogP contribution in [-0.2, 0) is 6.54 Å². The van der Waals surface area contributed by atoms with Crippen LogP contribution < -0.4 is 16.0 Å². The summed E-state index contributed by atoms with van der Waals surface area (Å²) in [4.78, 5) is 24.2. The number of fused-ring (bicyclic) bond motifs is 1. The molecule has 0 saturated carbocycles. The summed E-state index contributed by atoms with van der Waals surface area (Å²) in [6, 6.07) is 13.4. The molecule has 0 aromatic heterocycles. The standard InChI is InChI=1S/C19H21N3O2/c1-2-3-11-20-19(24)22-16-10-9-14(13-7-5-4-6-8-13)15-12-21-18(23)17(15)16/h4-10H,2-3,11-12H2,1H3,(H,21,23)(H2,20,22,24). The van der Waals surface area contributed by atoms with Gasteiger partial charge in [-0.25, -0.2) is 4.79 Å². The molecule has 0 bridgehead atoms. The number of carbonyl (C=O) groups is 2. The lowest BCUT2D eigenvalue weighted by atomic mass is 9.95. The Hall–Kier alpha value is -2.82. The van der Waals surface area contributed by atoms with Crippen LogP contribution in [0.15, 0.2) is 42.5 Å². The number of hydrogen-bond acceptors (Lipinski definition) is 2. The number of benzene rings is 2. The maximum absolute atomic E-state index is 12.2. The second-order valence-corrected chi connectivity index (χ2v) is 5.80. The minimum atomic E-state index is -0.280. The summed E-state index contributed by atoms with van der Waals surface area (Å²) in [5, 5.41) is 8.45. The zero-order valence-corrected chi connectivity index (χ0v) is 13.7. The van der Waals surface area contributed by atoms with Gasteiger partial charge >= 0.3 is 6.03 Å². The Morgan fingerprint density at radius 2 is 1.96 bits per heavy atom. The Morgan fingerprint density at radius 1 is 1.17 bits per heavy atom. The largest absolute Gasteiger partial charge is 0.348 e. The minimum Gasteiger partial charge on any atom is -0.348 e. The van der Waals surface area contributed by atoms with Gasteiger partial charge in [0.1, 0.15) is 0 Å². The number of anilines is 1. The molecule has 3 amide bonds. The molecule has 5 heteroatoms. The van der Waals surface area contributed by atoms with Crippen LogP contribution in [0.3, 0.4) is 0 Å². The van der Waals surface area contributed by atoms with Gasteiger partial charge in [-0.15, -0.1) is 0 Å². The van der Waals surface area contributed by atoms with E-state index in [0.29, 0.717) is 24.3 Å². The van der Waals surface area contributed by atoms with Crippen LogP contribution in [0.2, 0.25) is 0 Å². The van der Waals surface area contributed by atoms with Crippen LogP contribution in [0.5, 0.6) is 0 Å². The summed E-state index contributed by atoms with van der Waals surface area (Å²) in [5.74, 6) is -0.147. The van der Waals surface area contributed by atoms with Gasteiger partial charge in [-0.3, -0.25) is 4.79 Å². The fourth-order valence-electron chi connectivity index (χ4n) is 2.89. The van der Waals surface area contributed by atoms with Crippen molar-refractivity contribution in [2.45, 2.75) is 26.3 Å². The number of urea groups is 1. The predicted octanol–water partition coefficient (Wildman–Crippen LogP) is 3.52. The molecule has 24 heavy (non-hydrogen) atoms. The summed E-state index contributed by atoms with van der Waals surface area (Å²) in [5.41, 5.74) is 4.11. The van der Waals surface area contributed by atoms with E-state index in [1.54, 1.807) is 6.07 Å². The fraction of sp³-hybridized carbons (Fsp3) is 0.263. The van der Waals surface area contributed by atoms with E-state index in [9.17, 15) is 9.59 Å². The highest BCUT2D eigenvalue weighted by Crippen LogP contribution is 2.33. The molecule has 1 heterocycles. The van der Waals surface area contributed by atoms with Gasteiger partial charge in [0.15, 0.2) is 0 Å². The van der Waals surface area contributed by atoms with Gasteiger partial charge in [0.25, 0.3) is 5.91 Å². The van der Waals surface area contributed by atoms with Crippen LogP contribution in [0.25, 0.3) is 11.1 Å². The Kier molecular flexibility index (Phi) is 4.79. The molecule has 2 aromatic rings. The average molecular weight is 323 g/mol. The zero-order chi connectivity index (χ0) is 16.9. The van der Waals surface area contributed by atoms with Crippen molar-refractivity contribution in [3.63, 3.8) is 0 Å². The zero-order valence-electron chi connectivity index (χ0n) is 13.7. The number of hydrogen-bond donors (Lipinski definition) is 3. The van der Waals surface area contributed by atoms with Crippen LogP contribution in [0, 0.1) is 0 Å². The third kappa shape index (κ3) is 3.25. The molecular formula is C19H21N3O2. The van der Waals surface area contributed by atoms with E-state index in [1.807, 2.05) is 36.4 Å². The van der Waals surface area contributed by atoms with Gasteiger partial charge < -0.3 is 16.0 Å². The molecule has 0 spiro atoms. The molecule has 3 rings (SSSR count). The van der Waals surface area contributed by atoms with Crippen molar-refractivity contribution >= 4 is 17.6 Å². The maximum atomic E-state index is 12.2. The summed E-state index contributed by atoms with van der Waals surface area (Å²) in [6.45, 7) is 3.17. The lowest BCUT2D eigenvalue weighted by Gasteiger charge is -2.13. The summed E-state index contributed by atoms with van der Waals surface area (Å²) in [6.07, 6.45) is 1.95. The SMILES string of the molecule is CCCCNC(=O)Nc1ccc(-c2ccccc2)c2c1C(=O)NC2.